The Bertz CT molecular complexity index is 1050. The van der Waals surface area contributed by atoms with Gasteiger partial charge in [-0.2, -0.15) is 0 Å². The Balaban J connectivity index is 1.87. The molecule has 1 aliphatic heterocycles. The molecule has 0 atom stereocenters. The van der Waals surface area contributed by atoms with Crippen LogP contribution in [-0.4, -0.2) is 40.3 Å². The van der Waals surface area contributed by atoms with E-state index in [0.29, 0.717) is 28.8 Å². The lowest BCUT2D eigenvalue weighted by atomic mass is 10.2. The number of hydrogen-bond acceptors (Lipinski definition) is 5. The number of benzene rings is 2. The number of ether oxygens (including phenoxy) is 1. The van der Waals surface area contributed by atoms with E-state index in [1.54, 1.807) is 43.5 Å². The first kappa shape index (κ1) is 22.9. The van der Waals surface area contributed by atoms with Crippen LogP contribution < -0.4 is 25.0 Å². The fourth-order valence-electron chi connectivity index (χ4n) is 3.29. The van der Waals surface area contributed by atoms with Gasteiger partial charge in [0.05, 0.1) is 23.4 Å². The number of rotatable bonds is 8. The van der Waals surface area contributed by atoms with Crippen LogP contribution in [-0.2, 0) is 10.0 Å². The van der Waals surface area contributed by atoms with Crippen molar-refractivity contribution in [2.75, 3.05) is 41.7 Å². The number of nitrogens with zero attached hydrogens (tertiary/aromatic N) is 1. The molecule has 9 heteroatoms. The maximum absolute atomic E-state index is 13.0. The summed E-state index contributed by atoms with van der Waals surface area (Å²) in [5.41, 5.74) is 2.99. The average molecular weight is 461 g/mol. The van der Waals surface area contributed by atoms with Crippen molar-refractivity contribution in [1.29, 1.82) is 0 Å². The second-order valence-corrected chi connectivity index (χ2v) is 9.56. The molecule has 1 fully saturated rings. The zero-order chi connectivity index (χ0) is 22.4. The van der Waals surface area contributed by atoms with E-state index < -0.39 is 10.0 Å². The lowest BCUT2D eigenvalue weighted by Crippen LogP contribution is -2.31. The van der Waals surface area contributed by atoms with Gasteiger partial charge in [-0.15, -0.1) is 0 Å². The molecule has 0 aliphatic carbocycles. The molecule has 7 nitrogen and oxygen atoms in total. The Kier molecular flexibility index (Phi) is 7.40. The lowest BCUT2D eigenvalue weighted by Gasteiger charge is -2.23. The first-order valence-corrected chi connectivity index (χ1v) is 11.9. The van der Waals surface area contributed by atoms with Crippen molar-refractivity contribution in [3.8, 4) is 5.75 Å². The lowest BCUT2D eigenvalue weighted by molar-refractivity contribution is 0.415. The molecule has 2 aromatic rings. The van der Waals surface area contributed by atoms with E-state index in [1.165, 1.54) is 0 Å². The number of hydrogen-bond donors (Lipinski definition) is 3. The molecule has 0 saturated carbocycles. The Labute approximate surface area is 189 Å². The SMILES string of the molecule is C=C(C)CNC(=S)Nc1cc(S(=O)(=O)Nc2ccc(OC)cc2)ccc1N1CCCC1. The molecular weight excluding hydrogens is 432 g/mol. The van der Waals surface area contributed by atoms with E-state index in [1.807, 2.05) is 13.0 Å². The molecule has 3 N–H and O–H groups in total. The van der Waals surface area contributed by atoms with Crippen molar-refractivity contribution in [3.05, 3.63) is 54.6 Å². The second kappa shape index (κ2) is 10.0. The van der Waals surface area contributed by atoms with Crippen LogP contribution in [0, 0.1) is 0 Å². The highest BCUT2D eigenvalue weighted by atomic mass is 32.2. The zero-order valence-electron chi connectivity index (χ0n) is 17.8. The number of anilines is 3. The molecule has 1 saturated heterocycles. The quantitative estimate of drug-likeness (QED) is 0.406. The van der Waals surface area contributed by atoms with Gasteiger partial charge in [-0.1, -0.05) is 12.2 Å². The van der Waals surface area contributed by atoms with E-state index in [4.69, 9.17) is 17.0 Å². The van der Waals surface area contributed by atoms with Crippen molar-refractivity contribution in [2.45, 2.75) is 24.7 Å². The number of methoxy groups -OCH3 is 1. The van der Waals surface area contributed by atoms with Crippen molar-refractivity contribution >= 4 is 44.4 Å². The molecule has 2 aromatic carbocycles. The Morgan fingerprint density at radius 2 is 1.84 bits per heavy atom. The van der Waals surface area contributed by atoms with Gasteiger partial charge in [-0.05, 0) is 74.4 Å². The van der Waals surface area contributed by atoms with Gasteiger partial charge in [0.1, 0.15) is 5.75 Å². The fourth-order valence-corrected chi connectivity index (χ4v) is 4.55. The maximum atomic E-state index is 13.0. The van der Waals surface area contributed by atoms with Crippen molar-refractivity contribution < 1.29 is 13.2 Å². The molecule has 166 valence electrons. The molecule has 0 radical (unpaired) electrons. The van der Waals surface area contributed by atoms with Crippen LogP contribution >= 0.6 is 12.2 Å². The minimum Gasteiger partial charge on any atom is -0.497 e. The van der Waals surface area contributed by atoms with Crippen LogP contribution in [0.2, 0.25) is 0 Å². The molecule has 0 spiro atoms. The molecule has 3 rings (SSSR count). The minimum absolute atomic E-state index is 0.150. The predicted octanol–water partition coefficient (Wildman–Crippen LogP) is 3.96. The second-order valence-electron chi connectivity index (χ2n) is 7.47. The van der Waals surface area contributed by atoms with Crippen LogP contribution in [0.1, 0.15) is 19.8 Å². The number of nitrogens with one attached hydrogen (secondary N) is 3. The summed E-state index contributed by atoms with van der Waals surface area (Å²) in [5.74, 6) is 0.653. The van der Waals surface area contributed by atoms with Gasteiger partial charge in [0.2, 0.25) is 0 Å². The van der Waals surface area contributed by atoms with Crippen LogP contribution in [0.3, 0.4) is 0 Å². The normalized spacial score (nSPS) is 13.5. The molecule has 0 unspecified atom stereocenters. The highest BCUT2D eigenvalue weighted by Gasteiger charge is 2.21. The molecule has 31 heavy (non-hydrogen) atoms. The van der Waals surface area contributed by atoms with Gasteiger partial charge in [-0.25, -0.2) is 8.42 Å². The van der Waals surface area contributed by atoms with E-state index in [2.05, 4.69) is 26.8 Å². The molecular formula is C22H28N4O3S2. The van der Waals surface area contributed by atoms with Gasteiger partial charge >= 0.3 is 0 Å². The van der Waals surface area contributed by atoms with E-state index in [-0.39, 0.29) is 4.90 Å². The topological polar surface area (TPSA) is 82.7 Å². The smallest absolute Gasteiger partial charge is 0.261 e. The minimum atomic E-state index is -3.78. The first-order valence-electron chi connectivity index (χ1n) is 10.0. The maximum Gasteiger partial charge on any atom is 0.261 e. The highest BCUT2D eigenvalue weighted by molar-refractivity contribution is 7.92. The fraction of sp³-hybridized carbons (Fsp3) is 0.318. The largest absolute Gasteiger partial charge is 0.497 e. The molecule has 0 bridgehead atoms. The van der Waals surface area contributed by atoms with Crippen LogP contribution in [0.5, 0.6) is 5.75 Å². The molecule has 1 aliphatic rings. The van der Waals surface area contributed by atoms with Crippen molar-refractivity contribution in [3.63, 3.8) is 0 Å². The average Bonchev–Trinajstić information content (AvgIpc) is 3.27. The summed E-state index contributed by atoms with van der Waals surface area (Å²) in [6.07, 6.45) is 2.22. The van der Waals surface area contributed by atoms with E-state index in [9.17, 15) is 8.42 Å². The monoisotopic (exact) mass is 460 g/mol. The molecule has 1 heterocycles. The summed E-state index contributed by atoms with van der Waals surface area (Å²) in [4.78, 5) is 2.38. The Hall–Kier alpha value is -2.78. The Morgan fingerprint density at radius 1 is 1.16 bits per heavy atom. The van der Waals surface area contributed by atoms with Crippen LogP contribution in [0.25, 0.3) is 0 Å². The van der Waals surface area contributed by atoms with Crippen LogP contribution in [0.4, 0.5) is 17.1 Å². The third kappa shape index (κ3) is 6.11. The van der Waals surface area contributed by atoms with Gasteiger partial charge in [-0.3, -0.25) is 4.72 Å². The Morgan fingerprint density at radius 3 is 2.45 bits per heavy atom. The van der Waals surface area contributed by atoms with Gasteiger partial charge in [0, 0.05) is 25.3 Å². The zero-order valence-corrected chi connectivity index (χ0v) is 19.4. The predicted molar refractivity (Wildman–Crippen MR) is 131 cm³/mol. The van der Waals surface area contributed by atoms with Gasteiger partial charge < -0.3 is 20.3 Å². The summed E-state index contributed by atoms with van der Waals surface area (Å²) in [6.45, 7) is 8.16. The van der Waals surface area contributed by atoms with E-state index >= 15 is 0 Å². The summed E-state index contributed by atoms with van der Waals surface area (Å²) in [6, 6.07) is 11.8. The van der Waals surface area contributed by atoms with Gasteiger partial charge in [0.25, 0.3) is 10.0 Å². The summed E-state index contributed by atoms with van der Waals surface area (Å²) in [5, 5.41) is 6.66. The van der Waals surface area contributed by atoms with Crippen LogP contribution in [0.15, 0.2) is 59.5 Å². The van der Waals surface area contributed by atoms with Gasteiger partial charge in [0.15, 0.2) is 5.11 Å². The summed E-state index contributed by atoms with van der Waals surface area (Å²) >= 11 is 5.40. The van der Waals surface area contributed by atoms with E-state index in [0.717, 1.165) is 37.2 Å². The van der Waals surface area contributed by atoms with Crippen molar-refractivity contribution in [2.24, 2.45) is 0 Å². The first-order chi connectivity index (χ1) is 14.8. The third-order valence-electron chi connectivity index (χ3n) is 4.87. The molecule has 0 aromatic heterocycles. The summed E-state index contributed by atoms with van der Waals surface area (Å²) < 4.78 is 33.7. The highest BCUT2D eigenvalue weighted by Crippen LogP contribution is 2.32. The molecule has 0 amide bonds. The third-order valence-corrected chi connectivity index (χ3v) is 6.49. The number of sulfonamides is 1. The summed E-state index contributed by atoms with van der Waals surface area (Å²) in [7, 11) is -2.22. The number of thiocarbonyl (C=S) groups is 1. The van der Waals surface area contributed by atoms with Crippen molar-refractivity contribution in [1.82, 2.24) is 5.32 Å². The standard InChI is InChI=1S/C22H28N4O3S2/c1-16(2)15-23-22(30)24-20-14-19(10-11-21(20)26-12-4-5-13-26)31(27,28)25-17-6-8-18(29-3)9-7-17/h6-11,14,25H,1,4-5,12-13,15H2,2-3H3,(H2,23,24,30).